The van der Waals surface area contributed by atoms with E-state index in [-0.39, 0.29) is 15.9 Å². The van der Waals surface area contributed by atoms with Crippen molar-refractivity contribution in [1.29, 1.82) is 0 Å². The van der Waals surface area contributed by atoms with Gasteiger partial charge in [0.15, 0.2) is 5.82 Å². The first-order valence-corrected chi connectivity index (χ1v) is 6.91. The highest BCUT2D eigenvalue weighted by Crippen LogP contribution is 2.25. The lowest BCUT2D eigenvalue weighted by molar-refractivity contribution is 0.600. The Morgan fingerprint density at radius 1 is 1.44 bits per heavy atom. The Hall–Kier alpha value is -1.54. The molecule has 0 spiro atoms. The maximum atomic E-state index is 12.2. The van der Waals surface area contributed by atoms with Crippen LogP contribution in [0.1, 0.15) is 11.4 Å². The first kappa shape index (κ1) is 12.9. The lowest BCUT2D eigenvalue weighted by atomic mass is 10.5. The zero-order valence-corrected chi connectivity index (χ0v) is 11.6. The average Bonchev–Trinajstić information content (AvgIpc) is 2.72. The number of aromatic nitrogens is 4. The summed E-state index contributed by atoms with van der Waals surface area (Å²) < 4.78 is 28.0. The van der Waals surface area contributed by atoms with Gasteiger partial charge in [-0.25, -0.2) is 8.42 Å². The zero-order valence-electron chi connectivity index (χ0n) is 10.0. The topological polar surface area (TPSA) is 92.7 Å². The van der Waals surface area contributed by atoms with E-state index in [0.717, 1.165) is 5.69 Å². The molecule has 2 aromatic rings. The monoisotopic (exact) mass is 289 g/mol. The van der Waals surface area contributed by atoms with E-state index in [1.54, 1.807) is 27.0 Å². The van der Waals surface area contributed by atoms with Crippen LogP contribution in [0.15, 0.2) is 11.0 Å². The minimum absolute atomic E-state index is 0.0349. The van der Waals surface area contributed by atoms with E-state index in [2.05, 4.69) is 20.0 Å². The number of aryl methyl sites for hydroxylation is 3. The normalized spacial score (nSPS) is 11.8. The number of rotatable bonds is 3. The number of H-pyrrole nitrogens is 1. The molecule has 0 aliphatic carbocycles. The van der Waals surface area contributed by atoms with E-state index in [0.29, 0.717) is 5.69 Å². The second-order valence-electron chi connectivity index (χ2n) is 3.87. The van der Waals surface area contributed by atoms with Crippen LogP contribution in [0.4, 0.5) is 5.82 Å². The van der Waals surface area contributed by atoms with E-state index in [1.807, 2.05) is 0 Å². The summed E-state index contributed by atoms with van der Waals surface area (Å²) in [6, 6.07) is 1.58. The summed E-state index contributed by atoms with van der Waals surface area (Å²) in [5.74, 6) is 0.215. The van der Waals surface area contributed by atoms with Crippen LogP contribution in [-0.2, 0) is 17.1 Å². The van der Waals surface area contributed by atoms with Crippen LogP contribution in [0.5, 0.6) is 0 Å². The molecule has 2 heterocycles. The fourth-order valence-corrected chi connectivity index (χ4v) is 3.32. The summed E-state index contributed by atoms with van der Waals surface area (Å²) in [6.45, 7) is 3.35. The number of sulfonamides is 1. The number of nitrogens with zero attached hydrogens (tertiary/aromatic N) is 3. The largest absolute Gasteiger partial charge is 0.281 e. The highest BCUT2D eigenvalue weighted by molar-refractivity contribution is 7.92. The van der Waals surface area contributed by atoms with Crippen molar-refractivity contribution in [3.05, 3.63) is 22.6 Å². The quantitative estimate of drug-likeness (QED) is 0.888. The SMILES string of the molecule is Cc1cc(NS(=O)(=O)c2c(C)nn(C)c2Cl)n[nH]1. The molecular weight excluding hydrogens is 278 g/mol. The molecule has 0 fully saturated rings. The van der Waals surface area contributed by atoms with Gasteiger partial charge in [-0.3, -0.25) is 14.5 Å². The Morgan fingerprint density at radius 3 is 2.56 bits per heavy atom. The van der Waals surface area contributed by atoms with Crippen molar-refractivity contribution in [3.8, 4) is 0 Å². The molecule has 0 aliphatic rings. The van der Waals surface area contributed by atoms with Gasteiger partial charge in [-0.1, -0.05) is 11.6 Å². The van der Waals surface area contributed by atoms with Gasteiger partial charge in [-0.05, 0) is 13.8 Å². The van der Waals surface area contributed by atoms with Crippen molar-refractivity contribution in [3.63, 3.8) is 0 Å². The van der Waals surface area contributed by atoms with E-state index < -0.39 is 10.0 Å². The molecule has 0 aliphatic heterocycles. The van der Waals surface area contributed by atoms with Crippen LogP contribution < -0.4 is 4.72 Å². The minimum Gasteiger partial charge on any atom is -0.281 e. The van der Waals surface area contributed by atoms with E-state index in [1.165, 1.54) is 4.68 Å². The van der Waals surface area contributed by atoms with Crippen LogP contribution in [0, 0.1) is 13.8 Å². The third kappa shape index (κ3) is 2.21. The second-order valence-corrected chi connectivity index (χ2v) is 5.85. The number of anilines is 1. The molecule has 0 saturated heterocycles. The smallest absolute Gasteiger partial charge is 0.268 e. The van der Waals surface area contributed by atoms with Gasteiger partial charge in [-0.2, -0.15) is 10.2 Å². The van der Waals surface area contributed by atoms with Crippen molar-refractivity contribution in [1.82, 2.24) is 20.0 Å². The van der Waals surface area contributed by atoms with Gasteiger partial charge in [-0.15, -0.1) is 0 Å². The summed E-state index contributed by atoms with van der Waals surface area (Å²) >= 11 is 5.92. The van der Waals surface area contributed by atoms with E-state index >= 15 is 0 Å². The van der Waals surface area contributed by atoms with Crippen molar-refractivity contribution >= 4 is 27.4 Å². The highest BCUT2D eigenvalue weighted by atomic mass is 35.5. The summed E-state index contributed by atoms with van der Waals surface area (Å²) in [6.07, 6.45) is 0. The van der Waals surface area contributed by atoms with Crippen LogP contribution >= 0.6 is 11.6 Å². The average molecular weight is 290 g/mol. The molecule has 0 atom stereocenters. The van der Waals surface area contributed by atoms with Gasteiger partial charge >= 0.3 is 0 Å². The predicted octanol–water partition coefficient (Wildman–Crippen LogP) is 1.21. The fourth-order valence-electron chi connectivity index (χ4n) is 1.57. The Bertz CT molecular complexity index is 688. The fraction of sp³-hybridized carbons (Fsp3) is 0.333. The van der Waals surface area contributed by atoms with Crippen molar-refractivity contribution in [2.45, 2.75) is 18.7 Å². The number of halogens is 1. The molecule has 2 N–H and O–H groups in total. The molecule has 0 amide bonds. The molecule has 98 valence electrons. The molecule has 2 rings (SSSR count). The second kappa shape index (κ2) is 4.29. The van der Waals surface area contributed by atoms with Gasteiger partial charge in [0.25, 0.3) is 10.0 Å². The summed E-state index contributed by atoms with van der Waals surface area (Å²) in [4.78, 5) is -0.0349. The molecule has 0 unspecified atom stereocenters. The molecule has 0 aromatic carbocycles. The van der Waals surface area contributed by atoms with Crippen LogP contribution in [0.25, 0.3) is 0 Å². The van der Waals surface area contributed by atoms with Gasteiger partial charge in [0, 0.05) is 18.8 Å². The minimum atomic E-state index is -3.79. The number of nitrogens with one attached hydrogen (secondary N) is 2. The van der Waals surface area contributed by atoms with Crippen molar-refractivity contribution in [2.75, 3.05) is 4.72 Å². The molecular formula is C9H12ClN5O2S. The Labute approximate surface area is 109 Å². The molecule has 0 radical (unpaired) electrons. The predicted molar refractivity (Wildman–Crippen MR) is 67.1 cm³/mol. The first-order chi connectivity index (χ1) is 8.31. The lowest BCUT2D eigenvalue weighted by Gasteiger charge is -2.04. The van der Waals surface area contributed by atoms with Gasteiger partial charge in [0.1, 0.15) is 10.0 Å². The molecule has 2 aromatic heterocycles. The van der Waals surface area contributed by atoms with Crippen molar-refractivity contribution in [2.24, 2.45) is 7.05 Å². The van der Waals surface area contributed by atoms with Gasteiger partial charge in [0.2, 0.25) is 0 Å². The third-order valence-corrected chi connectivity index (χ3v) is 4.36. The molecule has 9 heteroatoms. The molecule has 18 heavy (non-hydrogen) atoms. The van der Waals surface area contributed by atoms with Crippen molar-refractivity contribution < 1.29 is 8.42 Å². The summed E-state index contributed by atoms with van der Waals surface area (Å²) in [5, 5.41) is 10.5. The number of hydrogen-bond acceptors (Lipinski definition) is 4. The number of aromatic amines is 1. The maximum Gasteiger partial charge on any atom is 0.268 e. The third-order valence-electron chi connectivity index (χ3n) is 2.31. The molecule has 0 saturated carbocycles. The highest BCUT2D eigenvalue weighted by Gasteiger charge is 2.25. The van der Waals surface area contributed by atoms with Crippen LogP contribution in [-0.4, -0.2) is 28.4 Å². The summed E-state index contributed by atoms with van der Waals surface area (Å²) in [7, 11) is -2.21. The molecule has 0 bridgehead atoms. The van der Waals surface area contributed by atoms with Gasteiger partial charge in [0.05, 0.1) is 5.69 Å². The lowest BCUT2D eigenvalue weighted by Crippen LogP contribution is -2.14. The first-order valence-electron chi connectivity index (χ1n) is 5.05. The Morgan fingerprint density at radius 2 is 2.11 bits per heavy atom. The standard InChI is InChI=1S/C9H12ClN5O2S/c1-5-4-7(12-11-5)14-18(16,17)8-6(2)13-15(3)9(8)10/h4H,1-3H3,(H2,11,12,14). The van der Waals surface area contributed by atoms with E-state index in [4.69, 9.17) is 11.6 Å². The number of hydrogen-bond donors (Lipinski definition) is 2. The van der Waals surface area contributed by atoms with Gasteiger partial charge < -0.3 is 0 Å². The maximum absolute atomic E-state index is 12.2. The zero-order chi connectivity index (χ0) is 13.5. The molecule has 7 nitrogen and oxygen atoms in total. The summed E-state index contributed by atoms with van der Waals surface area (Å²) in [5.41, 5.74) is 1.09. The van der Waals surface area contributed by atoms with Crippen LogP contribution in [0.3, 0.4) is 0 Å². The Kier molecular flexibility index (Phi) is 3.07. The van der Waals surface area contributed by atoms with Crippen LogP contribution in [0.2, 0.25) is 5.15 Å². The Balaban J connectivity index is 2.43. The van der Waals surface area contributed by atoms with E-state index in [9.17, 15) is 8.42 Å².